The summed E-state index contributed by atoms with van der Waals surface area (Å²) in [6.07, 6.45) is 0. The molecule has 0 aliphatic carbocycles. The molecule has 0 fully saturated rings. The van der Waals surface area contributed by atoms with E-state index in [1.54, 1.807) is 48.5 Å². The Morgan fingerprint density at radius 3 is 1.33 bits per heavy atom. The third-order valence-corrected chi connectivity index (χ3v) is 3.93. The van der Waals surface area contributed by atoms with Gasteiger partial charge in [0, 0.05) is 28.9 Å². The second-order valence-electron chi connectivity index (χ2n) is 6.55. The first-order chi connectivity index (χ1) is 10.7. The first-order valence-corrected chi connectivity index (χ1v) is 7.97. The maximum Gasteiger partial charge on any atom is 0.331 e. The maximum atomic E-state index is 11.3. The molecule has 0 aromatic rings. The van der Waals surface area contributed by atoms with Crippen LogP contribution in [0.1, 0.15) is 55.4 Å². The summed E-state index contributed by atoms with van der Waals surface area (Å²) >= 11 is 0. The zero-order chi connectivity index (χ0) is 19.8. The van der Waals surface area contributed by atoms with Gasteiger partial charge >= 0.3 is 11.9 Å². The Morgan fingerprint density at radius 1 is 0.667 bits per heavy atom. The number of aliphatic carboxylic acids is 2. The highest BCUT2D eigenvalue weighted by molar-refractivity contribution is 6.03. The number of carboxylic acids is 2. The third-order valence-electron chi connectivity index (χ3n) is 3.93. The van der Waals surface area contributed by atoms with Crippen LogP contribution >= 0.6 is 0 Å². The van der Waals surface area contributed by atoms with E-state index in [9.17, 15) is 19.2 Å². The van der Waals surface area contributed by atoms with Crippen molar-refractivity contribution < 1.29 is 29.4 Å². The van der Waals surface area contributed by atoms with Gasteiger partial charge in [-0.1, -0.05) is 41.5 Å². The summed E-state index contributed by atoms with van der Waals surface area (Å²) < 4.78 is 0. The van der Waals surface area contributed by atoms with Crippen molar-refractivity contribution in [2.75, 3.05) is 0 Å². The number of carboxylic acid groups (broad SMARTS) is 2. The summed E-state index contributed by atoms with van der Waals surface area (Å²) in [5.41, 5.74) is 0.478. The Morgan fingerprint density at radius 2 is 1.08 bits per heavy atom. The van der Waals surface area contributed by atoms with E-state index in [0.717, 1.165) is 0 Å². The fraction of sp³-hybridized carbons (Fsp3) is 0.667. The van der Waals surface area contributed by atoms with E-state index in [1.807, 2.05) is 0 Å². The molecular formula is C18H30O6. The van der Waals surface area contributed by atoms with E-state index in [2.05, 4.69) is 0 Å². The summed E-state index contributed by atoms with van der Waals surface area (Å²) in [5.74, 6) is -3.21. The second kappa shape index (κ2) is 10.7. The Bertz CT molecular complexity index is 514. The highest BCUT2D eigenvalue weighted by Gasteiger charge is 2.26. The minimum atomic E-state index is -1.03. The molecule has 0 heterocycles. The van der Waals surface area contributed by atoms with Crippen LogP contribution in [0.4, 0.5) is 0 Å². The molecule has 0 rings (SSSR count). The lowest BCUT2D eigenvalue weighted by Crippen LogP contribution is -2.28. The molecule has 0 bridgehead atoms. The summed E-state index contributed by atoms with van der Waals surface area (Å²) in [6, 6.07) is 0. The second-order valence-corrected chi connectivity index (χ2v) is 6.55. The van der Waals surface area contributed by atoms with Crippen molar-refractivity contribution in [3.05, 3.63) is 11.1 Å². The number of ketones is 2. The molecular weight excluding hydrogens is 312 g/mol. The molecule has 2 N–H and O–H groups in total. The van der Waals surface area contributed by atoms with Crippen LogP contribution in [0.2, 0.25) is 0 Å². The van der Waals surface area contributed by atoms with Crippen LogP contribution in [0.3, 0.4) is 0 Å². The van der Waals surface area contributed by atoms with Crippen molar-refractivity contribution in [3.8, 4) is 0 Å². The molecule has 6 heteroatoms. The summed E-state index contributed by atoms with van der Waals surface area (Å²) in [4.78, 5) is 43.6. The molecule has 0 aromatic carbocycles. The van der Waals surface area contributed by atoms with Crippen molar-refractivity contribution in [2.45, 2.75) is 55.4 Å². The lowest BCUT2D eigenvalue weighted by atomic mass is 9.87. The van der Waals surface area contributed by atoms with E-state index in [1.165, 1.54) is 6.92 Å². The van der Waals surface area contributed by atoms with Gasteiger partial charge in [-0.15, -0.1) is 0 Å². The average Bonchev–Trinajstić information content (AvgIpc) is 2.50. The molecule has 6 nitrogen and oxygen atoms in total. The van der Waals surface area contributed by atoms with Crippen molar-refractivity contribution in [3.63, 3.8) is 0 Å². The predicted molar refractivity (Wildman–Crippen MR) is 91.7 cm³/mol. The summed E-state index contributed by atoms with van der Waals surface area (Å²) in [5, 5.41) is 17.2. The molecule has 2 atom stereocenters. The third kappa shape index (κ3) is 8.04. The van der Waals surface area contributed by atoms with Crippen molar-refractivity contribution in [1.82, 2.24) is 0 Å². The van der Waals surface area contributed by atoms with E-state index in [0.29, 0.717) is 5.57 Å². The first-order valence-electron chi connectivity index (χ1n) is 7.97. The molecule has 138 valence electrons. The van der Waals surface area contributed by atoms with Crippen LogP contribution in [0.25, 0.3) is 0 Å². The van der Waals surface area contributed by atoms with Crippen molar-refractivity contribution >= 4 is 23.5 Å². The molecule has 0 radical (unpaired) electrons. The van der Waals surface area contributed by atoms with Crippen molar-refractivity contribution in [1.29, 1.82) is 0 Å². The Kier molecular flexibility index (Phi) is 10.9. The lowest BCUT2D eigenvalue weighted by Gasteiger charge is -2.16. The fourth-order valence-electron chi connectivity index (χ4n) is 1.76. The van der Waals surface area contributed by atoms with E-state index in [-0.39, 0.29) is 34.9 Å². The summed E-state index contributed by atoms with van der Waals surface area (Å²) in [6.45, 7) is 13.3. The number of Topliss-reactive ketones (excluding diaryl/α,β-unsaturated/α-hetero) is 2. The number of hydrogen-bond acceptors (Lipinski definition) is 4. The fourth-order valence-corrected chi connectivity index (χ4v) is 1.76. The Balaban J connectivity index is 0. The minimum absolute atomic E-state index is 0.0184. The summed E-state index contributed by atoms with van der Waals surface area (Å²) in [7, 11) is 0. The number of hydrogen-bond donors (Lipinski definition) is 2. The van der Waals surface area contributed by atoms with Gasteiger partial charge in [0.15, 0.2) is 5.78 Å². The largest absolute Gasteiger partial charge is 0.481 e. The molecule has 0 aliphatic heterocycles. The molecule has 0 aliphatic rings. The van der Waals surface area contributed by atoms with Crippen LogP contribution in [0, 0.1) is 23.7 Å². The molecule has 2 unspecified atom stereocenters. The molecule has 0 saturated heterocycles. The average molecular weight is 342 g/mol. The molecule has 0 amide bonds. The van der Waals surface area contributed by atoms with Gasteiger partial charge in [-0.3, -0.25) is 14.4 Å². The normalized spacial score (nSPS) is 14.2. The molecule has 0 spiro atoms. The Labute approximate surface area is 143 Å². The standard InChI is InChI=1S/C9H16O3.C9H14O3/c2*1-5(2)8(10)6(3)7(4)9(11)12/h5-7H,1-4H3,(H,11,12);5H,1-4H3,(H,11,12)/b;7-6-. The molecule has 24 heavy (non-hydrogen) atoms. The number of allylic oxidation sites excluding steroid dienone is 1. The highest BCUT2D eigenvalue weighted by atomic mass is 16.4. The first kappa shape index (κ1) is 24.3. The predicted octanol–water partition coefficient (Wildman–Crippen LogP) is 3.20. The van der Waals surface area contributed by atoms with E-state index < -0.39 is 17.9 Å². The van der Waals surface area contributed by atoms with Crippen LogP contribution in [-0.4, -0.2) is 33.7 Å². The quantitative estimate of drug-likeness (QED) is 0.688. The highest BCUT2D eigenvalue weighted by Crippen LogP contribution is 2.16. The van der Waals surface area contributed by atoms with Crippen molar-refractivity contribution in [2.24, 2.45) is 23.7 Å². The van der Waals surface area contributed by atoms with Crippen LogP contribution in [0.5, 0.6) is 0 Å². The van der Waals surface area contributed by atoms with Crippen LogP contribution < -0.4 is 0 Å². The number of rotatable bonds is 7. The van der Waals surface area contributed by atoms with E-state index in [4.69, 9.17) is 10.2 Å². The Hall–Kier alpha value is -1.98. The molecule has 0 saturated carbocycles. The topological polar surface area (TPSA) is 109 Å². The van der Waals surface area contributed by atoms with Gasteiger partial charge in [0.2, 0.25) is 0 Å². The van der Waals surface area contributed by atoms with Crippen LogP contribution in [-0.2, 0) is 19.2 Å². The zero-order valence-electron chi connectivity index (χ0n) is 15.8. The minimum Gasteiger partial charge on any atom is -0.481 e. The number of carbonyl (C=O) groups excluding carboxylic acids is 2. The van der Waals surface area contributed by atoms with Gasteiger partial charge in [-0.05, 0) is 13.8 Å². The van der Waals surface area contributed by atoms with Gasteiger partial charge < -0.3 is 10.2 Å². The molecule has 0 aromatic heterocycles. The van der Waals surface area contributed by atoms with E-state index >= 15 is 0 Å². The van der Waals surface area contributed by atoms with Gasteiger partial charge in [0.25, 0.3) is 0 Å². The monoisotopic (exact) mass is 342 g/mol. The maximum absolute atomic E-state index is 11.3. The van der Waals surface area contributed by atoms with Crippen LogP contribution in [0.15, 0.2) is 11.1 Å². The van der Waals surface area contributed by atoms with Gasteiger partial charge in [-0.25, -0.2) is 4.79 Å². The lowest BCUT2D eigenvalue weighted by molar-refractivity contribution is -0.146. The number of carbonyl (C=O) groups is 4. The van der Waals surface area contributed by atoms with Gasteiger partial charge in [0.05, 0.1) is 5.92 Å². The van der Waals surface area contributed by atoms with Gasteiger partial charge in [-0.2, -0.15) is 0 Å². The SMILES string of the molecule is C/C(C(=O)O)=C(\C)C(=O)C(C)C.CC(C)C(=O)C(C)C(C)C(=O)O. The smallest absolute Gasteiger partial charge is 0.331 e. The zero-order valence-corrected chi connectivity index (χ0v) is 15.8. The van der Waals surface area contributed by atoms with Gasteiger partial charge in [0.1, 0.15) is 5.78 Å².